The van der Waals surface area contributed by atoms with Crippen LogP contribution in [0, 0.1) is 19.7 Å². The molecule has 0 aliphatic carbocycles. The highest BCUT2D eigenvalue weighted by Crippen LogP contribution is 2.27. The lowest BCUT2D eigenvalue weighted by Gasteiger charge is -2.34. The average molecular weight is 377 g/mol. The molecule has 1 N–H and O–H groups in total. The van der Waals surface area contributed by atoms with E-state index in [0.29, 0.717) is 6.04 Å². The summed E-state index contributed by atoms with van der Waals surface area (Å²) < 4.78 is 13.1. The van der Waals surface area contributed by atoms with Crippen LogP contribution in [0.2, 0.25) is 0 Å². The molecule has 1 fully saturated rings. The molecule has 0 atom stereocenters. The number of benzene rings is 1. The van der Waals surface area contributed by atoms with Crippen molar-refractivity contribution in [2.75, 3.05) is 23.3 Å². The number of aromatic nitrogens is 3. The minimum absolute atomic E-state index is 0.209. The minimum Gasteiger partial charge on any atom is -0.382 e. The zero-order chi connectivity index (χ0) is 19.5. The third-order valence-electron chi connectivity index (χ3n) is 5.29. The van der Waals surface area contributed by atoms with Crippen molar-refractivity contribution in [2.45, 2.75) is 32.7 Å². The van der Waals surface area contributed by atoms with Crippen molar-refractivity contribution in [3.05, 3.63) is 65.9 Å². The van der Waals surface area contributed by atoms with Gasteiger partial charge in [0.25, 0.3) is 0 Å². The van der Waals surface area contributed by atoms with Crippen molar-refractivity contribution >= 4 is 11.5 Å². The summed E-state index contributed by atoms with van der Waals surface area (Å²) in [7, 11) is 0. The van der Waals surface area contributed by atoms with Gasteiger partial charge in [-0.1, -0.05) is 0 Å². The van der Waals surface area contributed by atoms with E-state index in [1.807, 2.05) is 19.1 Å². The molecule has 0 saturated carbocycles. The van der Waals surface area contributed by atoms with Gasteiger partial charge in [-0.2, -0.15) is 0 Å². The summed E-state index contributed by atoms with van der Waals surface area (Å²) in [5.41, 5.74) is 4.01. The first-order valence-electron chi connectivity index (χ1n) is 9.63. The normalized spacial score (nSPS) is 14.9. The zero-order valence-corrected chi connectivity index (χ0v) is 16.2. The van der Waals surface area contributed by atoms with Gasteiger partial charge in [0.1, 0.15) is 11.6 Å². The molecule has 144 valence electrons. The monoisotopic (exact) mass is 377 g/mol. The summed E-state index contributed by atoms with van der Waals surface area (Å²) in [5, 5.41) is 3.51. The molecule has 1 saturated heterocycles. The molecule has 0 spiro atoms. The summed E-state index contributed by atoms with van der Waals surface area (Å²) in [6.07, 6.45) is 5.56. The van der Waals surface area contributed by atoms with Crippen molar-refractivity contribution in [3.63, 3.8) is 0 Å². The second kappa shape index (κ2) is 7.92. The fraction of sp³-hybridized carbons (Fsp3) is 0.318. The molecule has 0 unspecified atom stereocenters. The molecule has 2 aromatic heterocycles. The van der Waals surface area contributed by atoms with E-state index in [0.717, 1.165) is 60.1 Å². The van der Waals surface area contributed by atoms with Crippen LogP contribution in [0.1, 0.15) is 24.1 Å². The lowest BCUT2D eigenvalue weighted by Crippen LogP contribution is -2.40. The van der Waals surface area contributed by atoms with Crippen LogP contribution >= 0.6 is 0 Å². The second-order valence-corrected chi connectivity index (χ2v) is 7.24. The zero-order valence-electron chi connectivity index (χ0n) is 16.2. The Morgan fingerprint density at radius 3 is 2.46 bits per heavy atom. The summed E-state index contributed by atoms with van der Waals surface area (Å²) >= 11 is 0. The topological polar surface area (TPSA) is 53.9 Å². The number of anilines is 2. The standard InChI is InChI=1S/C22H24FN5/c1-15-16(2)25-21(17-4-3-11-24-14-17)27-22(15)28-12-9-20(10-13-28)26-19-7-5-18(23)6-8-19/h3-8,11,14,20,26H,9-10,12-13H2,1-2H3. The lowest BCUT2D eigenvalue weighted by molar-refractivity contribution is 0.522. The van der Waals surface area contributed by atoms with Crippen molar-refractivity contribution in [1.82, 2.24) is 15.0 Å². The van der Waals surface area contributed by atoms with Gasteiger partial charge in [-0.05, 0) is 63.1 Å². The van der Waals surface area contributed by atoms with E-state index in [4.69, 9.17) is 4.98 Å². The highest BCUT2D eigenvalue weighted by molar-refractivity contribution is 5.59. The molecular formula is C22H24FN5. The lowest BCUT2D eigenvalue weighted by atomic mass is 10.0. The van der Waals surface area contributed by atoms with Gasteiger partial charge >= 0.3 is 0 Å². The summed E-state index contributed by atoms with van der Waals surface area (Å²) in [6.45, 7) is 5.95. The second-order valence-electron chi connectivity index (χ2n) is 7.24. The quantitative estimate of drug-likeness (QED) is 0.731. The van der Waals surface area contributed by atoms with Crippen LogP contribution in [0.15, 0.2) is 48.8 Å². The molecule has 6 heteroatoms. The van der Waals surface area contributed by atoms with Crippen LogP contribution in [-0.2, 0) is 0 Å². The van der Waals surface area contributed by atoms with E-state index in [1.165, 1.54) is 12.1 Å². The first kappa shape index (κ1) is 18.3. The van der Waals surface area contributed by atoms with Gasteiger partial charge < -0.3 is 10.2 Å². The van der Waals surface area contributed by atoms with Crippen molar-refractivity contribution < 1.29 is 4.39 Å². The highest BCUT2D eigenvalue weighted by atomic mass is 19.1. The molecule has 0 amide bonds. The summed E-state index contributed by atoms with van der Waals surface area (Å²) in [5.74, 6) is 1.52. The Bertz CT molecular complexity index is 935. The van der Waals surface area contributed by atoms with E-state index in [1.54, 1.807) is 24.5 Å². The molecule has 1 aliphatic rings. The van der Waals surface area contributed by atoms with E-state index in [9.17, 15) is 4.39 Å². The molecule has 4 rings (SSSR count). The first-order chi connectivity index (χ1) is 13.6. The highest BCUT2D eigenvalue weighted by Gasteiger charge is 2.23. The Hall–Kier alpha value is -3.02. The van der Waals surface area contributed by atoms with Gasteiger partial charge in [-0.3, -0.25) is 4.98 Å². The number of hydrogen-bond donors (Lipinski definition) is 1. The van der Waals surface area contributed by atoms with Gasteiger partial charge in [0.15, 0.2) is 5.82 Å². The molecular weight excluding hydrogens is 353 g/mol. The summed E-state index contributed by atoms with van der Waals surface area (Å²) in [4.78, 5) is 16.0. The third kappa shape index (κ3) is 3.96. The number of hydrogen-bond acceptors (Lipinski definition) is 5. The molecule has 0 radical (unpaired) electrons. The summed E-state index contributed by atoms with van der Waals surface area (Å²) in [6, 6.07) is 10.8. The number of piperidine rings is 1. The Morgan fingerprint density at radius 1 is 1.04 bits per heavy atom. The average Bonchev–Trinajstić information content (AvgIpc) is 2.73. The van der Waals surface area contributed by atoms with Gasteiger partial charge in [-0.15, -0.1) is 0 Å². The maximum atomic E-state index is 13.1. The number of rotatable bonds is 4. The van der Waals surface area contributed by atoms with E-state index in [-0.39, 0.29) is 5.82 Å². The Kier molecular flexibility index (Phi) is 5.19. The molecule has 28 heavy (non-hydrogen) atoms. The Labute approximate surface area is 164 Å². The van der Waals surface area contributed by atoms with Crippen molar-refractivity contribution in [1.29, 1.82) is 0 Å². The fourth-order valence-corrected chi connectivity index (χ4v) is 3.56. The predicted molar refractivity (Wildman–Crippen MR) is 110 cm³/mol. The smallest absolute Gasteiger partial charge is 0.163 e. The maximum Gasteiger partial charge on any atom is 0.163 e. The first-order valence-corrected chi connectivity index (χ1v) is 9.63. The number of aryl methyl sites for hydroxylation is 1. The van der Waals surface area contributed by atoms with Crippen LogP contribution in [0.5, 0.6) is 0 Å². The van der Waals surface area contributed by atoms with Crippen LogP contribution in [-0.4, -0.2) is 34.1 Å². The number of pyridine rings is 1. The molecule has 0 bridgehead atoms. The predicted octanol–water partition coefficient (Wildman–Crippen LogP) is 4.38. The fourth-order valence-electron chi connectivity index (χ4n) is 3.56. The van der Waals surface area contributed by atoms with Crippen LogP contribution in [0.25, 0.3) is 11.4 Å². The molecule has 5 nitrogen and oxygen atoms in total. The molecule has 3 heterocycles. The van der Waals surface area contributed by atoms with Crippen LogP contribution < -0.4 is 10.2 Å². The van der Waals surface area contributed by atoms with Crippen LogP contribution in [0.3, 0.4) is 0 Å². The largest absolute Gasteiger partial charge is 0.382 e. The van der Waals surface area contributed by atoms with Gasteiger partial charge in [-0.25, -0.2) is 14.4 Å². The van der Waals surface area contributed by atoms with E-state index >= 15 is 0 Å². The number of nitrogens with zero attached hydrogens (tertiary/aromatic N) is 4. The van der Waals surface area contributed by atoms with Crippen LogP contribution in [0.4, 0.5) is 15.9 Å². The SMILES string of the molecule is Cc1nc(-c2cccnc2)nc(N2CCC(Nc3ccc(F)cc3)CC2)c1C. The van der Waals surface area contributed by atoms with Crippen molar-refractivity contribution in [2.24, 2.45) is 0 Å². The molecule has 1 aromatic carbocycles. The van der Waals surface area contributed by atoms with E-state index in [2.05, 4.69) is 27.1 Å². The van der Waals surface area contributed by atoms with E-state index < -0.39 is 0 Å². The number of halogens is 1. The molecule has 1 aliphatic heterocycles. The van der Waals surface area contributed by atoms with Gasteiger partial charge in [0.05, 0.1) is 0 Å². The van der Waals surface area contributed by atoms with Gasteiger partial charge in [0, 0.05) is 54.0 Å². The van der Waals surface area contributed by atoms with Gasteiger partial charge in [0.2, 0.25) is 0 Å². The Balaban J connectivity index is 1.48. The molecule has 3 aromatic rings. The van der Waals surface area contributed by atoms with Crippen molar-refractivity contribution in [3.8, 4) is 11.4 Å². The number of nitrogens with one attached hydrogen (secondary N) is 1. The maximum absolute atomic E-state index is 13.1. The Morgan fingerprint density at radius 2 is 1.79 bits per heavy atom. The minimum atomic E-state index is -0.209. The third-order valence-corrected chi connectivity index (χ3v) is 5.29.